The van der Waals surface area contributed by atoms with Gasteiger partial charge in [0, 0.05) is 12.4 Å². The molecule has 2 heteroatoms. The number of aliphatic hydroxyl groups is 1. The molecule has 0 aliphatic carbocycles. The number of hydrogen-bond donors (Lipinski definition) is 1. The van der Waals surface area contributed by atoms with Crippen molar-refractivity contribution in [1.29, 1.82) is 0 Å². The third-order valence-electron chi connectivity index (χ3n) is 2.85. The van der Waals surface area contributed by atoms with Gasteiger partial charge in [-0.2, -0.15) is 0 Å². The second-order valence-electron chi connectivity index (χ2n) is 4.23. The van der Waals surface area contributed by atoms with Crippen LogP contribution in [0.5, 0.6) is 0 Å². The topological polar surface area (TPSA) is 33.1 Å². The Morgan fingerprint density at radius 2 is 1.79 bits per heavy atom. The summed E-state index contributed by atoms with van der Waals surface area (Å²) in [6.45, 7) is 6.37. The normalized spacial score (nSPS) is 15.5. The van der Waals surface area contributed by atoms with Crippen LogP contribution in [-0.4, -0.2) is 16.2 Å². The number of aromatic nitrogens is 1. The number of hydrogen-bond acceptors (Lipinski definition) is 2. The molecule has 2 nitrogen and oxygen atoms in total. The van der Waals surface area contributed by atoms with Crippen molar-refractivity contribution in [3.05, 3.63) is 30.1 Å². The average Bonchev–Trinajstić information content (AvgIpc) is 2.18. The van der Waals surface area contributed by atoms with Gasteiger partial charge in [0.05, 0.1) is 6.10 Å². The van der Waals surface area contributed by atoms with E-state index in [0.29, 0.717) is 11.8 Å². The zero-order valence-corrected chi connectivity index (χ0v) is 9.14. The fourth-order valence-corrected chi connectivity index (χ4v) is 1.39. The Kier molecular flexibility index (Phi) is 4.08. The lowest BCUT2D eigenvalue weighted by atomic mass is 9.89. The molecule has 0 fully saturated rings. The predicted molar refractivity (Wildman–Crippen MR) is 57.9 cm³/mol. The van der Waals surface area contributed by atoms with E-state index < -0.39 is 0 Å². The van der Waals surface area contributed by atoms with Crippen LogP contribution < -0.4 is 0 Å². The maximum atomic E-state index is 9.92. The van der Waals surface area contributed by atoms with Crippen molar-refractivity contribution < 1.29 is 5.11 Å². The van der Waals surface area contributed by atoms with Gasteiger partial charge in [-0.3, -0.25) is 4.98 Å². The lowest BCUT2D eigenvalue weighted by molar-refractivity contribution is 0.0921. The van der Waals surface area contributed by atoms with Crippen molar-refractivity contribution in [2.45, 2.75) is 33.3 Å². The Morgan fingerprint density at radius 3 is 2.29 bits per heavy atom. The summed E-state index contributed by atoms with van der Waals surface area (Å²) in [4.78, 5) is 3.95. The van der Waals surface area contributed by atoms with Crippen molar-refractivity contribution in [2.75, 3.05) is 0 Å². The molecular formula is C12H19NO. The lowest BCUT2D eigenvalue weighted by Crippen LogP contribution is -2.24. The largest absolute Gasteiger partial charge is 0.392 e. The van der Waals surface area contributed by atoms with E-state index in [9.17, 15) is 5.11 Å². The van der Waals surface area contributed by atoms with Crippen LogP contribution in [0.25, 0.3) is 0 Å². The van der Waals surface area contributed by atoms with Gasteiger partial charge < -0.3 is 5.11 Å². The molecule has 1 heterocycles. The lowest BCUT2D eigenvalue weighted by Gasteiger charge is -2.22. The van der Waals surface area contributed by atoms with E-state index in [4.69, 9.17) is 0 Å². The Labute approximate surface area is 86.0 Å². The van der Waals surface area contributed by atoms with Gasteiger partial charge in [0.15, 0.2) is 0 Å². The molecule has 1 N–H and O–H groups in total. The summed E-state index contributed by atoms with van der Waals surface area (Å²) in [6, 6.07) is 3.91. The van der Waals surface area contributed by atoms with Crippen molar-refractivity contribution in [3.8, 4) is 0 Å². The number of pyridine rings is 1. The summed E-state index contributed by atoms with van der Waals surface area (Å²) < 4.78 is 0. The Bertz CT molecular complexity index is 258. The van der Waals surface area contributed by atoms with E-state index in [1.165, 1.54) is 0 Å². The third-order valence-corrected chi connectivity index (χ3v) is 2.85. The first-order chi connectivity index (χ1) is 6.61. The van der Waals surface area contributed by atoms with Gasteiger partial charge >= 0.3 is 0 Å². The molecule has 0 radical (unpaired) electrons. The molecule has 2 atom stereocenters. The number of rotatable bonds is 4. The average molecular weight is 193 g/mol. The molecule has 0 saturated heterocycles. The molecule has 0 aromatic carbocycles. The van der Waals surface area contributed by atoms with Crippen LogP contribution in [0.4, 0.5) is 0 Å². The quantitative estimate of drug-likeness (QED) is 0.795. The second-order valence-corrected chi connectivity index (χ2v) is 4.23. The molecule has 0 aliphatic heterocycles. The molecule has 1 aromatic heterocycles. The van der Waals surface area contributed by atoms with Gasteiger partial charge in [-0.1, -0.05) is 20.8 Å². The summed E-state index contributed by atoms with van der Waals surface area (Å²) in [5.41, 5.74) is 1.15. The fraction of sp³-hybridized carbons (Fsp3) is 0.583. The molecule has 1 aromatic rings. The van der Waals surface area contributed by atoms with Gasteiger partial charge in [-0.25, -0.2) is 0 Å². The highest BCUT2D eigenvalue weighted by Gasteiger charge is 2.17. The highest BCUT2D eigenvalue weighted by Crippen LogP contribution is 2.17. The number of aliphatic hydroxyl groups excluding tert-OH is 1. The first-order valence-electron chi connectivity index (χ1n) is 5.18. The van der Waals surface area contributed by atoms with Gasteiger partial charge in [-0.15, -0.1) is 0 Å². The molecule has 0 saturated carbocycles. The molecule has 0 bridgehead atoms. The molecular weight excluding hydrogens is 174 g/mol. The minimum Gasteiger partial charge on any atom is -0.392 e. The van der Waals surface area contributed by atoms with E-state index in [2.05, 4.69) is 25.8 Å². The summed E-state index contributed by atoms with van der Waals surface area (Å²) in [5.74, 6) is 0.856. The van der Waals surface area contributed by atoms with Crippen molar-refractivity contribution in [1.82, 2.24) is 4.98 Å². The fourth-order valence-electron chi connectivity index (χ4n) is 1.39. The van der Waals surface area contributed by atoms with E-state index >= 15 is 0 Å². The van der Waals surface area contributed by atoms with Crippen LogP contribution >= 0.6 is 0 Å². The van der Waals surface area contributed by atoms with Crippen LogP contribution in [0.2, 0.25) is 0 Å². The molecule has 78 valence electrons. The van der Waals surface area contributed by atoms with Gasteiger partial charge in [-0.05, 0) is 36.0 Å². The maximum Gasteiger partial charge on any atom is 0.0608 e. The van der Waals surface area contributed by atoms with Crippen LogP contribution in [0.15, 0.2) is 24.5 Å². The molecule has 2 unspecified atom stereocenters. The highest BCUT2D eigenvalue weighted by atomic mass is 16.3. The smallest absolute Gasteiger partial charge is 0.0608 e. The minimum atomic E-state index is -0.252. The van der Waals surface area contributed by atoms with Crippen LogP contribution in [0, 0.1) is 11.8 Å². The van der Waals surface area contributed by atoms with E-state index in [1.54, 1.807) is 12.4 Å². The molecule has 0 spiro atoms. The monoisotopic (exact) mass is 193 g/mol. The van der Waals surface area contributed by atoms with E-state index in [0.717, 1.165) is 12.0 Å². The first kappa shape index (κ1) is 11.2. The molecule has 0 amide bonds. The Morgan fingerprint density at radius 1 is 1.21 bits per heavy atom. The van der Waals surface area contributed by atoms with Crippen molar-refractivity contribution in [2.24, 2.45) is 11.8 Å². The second kappa shape index (κ2) is 5.11. The minimum absolute atomic E-state index is 0.252. The summed E-state index contributed by atoms with van der Waals surface area (Å²) in [7, 11) is 0. The third kappa shape index (κ3) is 3.11. The van der Waals surface area contributed by atoms with Crippen LogP contribution in [0.3, 0.4) is 0 Å². The van der Waals surface area contributed by atoms with Gasteiger partial charge in [0.2, 0.25) is 0 Å². The number of nitrogens with zero attached hydrogens (tertiary/aromatic N) is 1. The maximum absolute atomic E-state index is 9.92. The summed E-state index contributed by atoms with van der Waals surface area (Å²) in [6.07, 6.45) is 4.00. The van der Waals surface area contributed by atoms with Crippen molar-refractivity contribution in [3.63, 3.8) is 0 Å². The zero-order valence-electron chi connectivity index (χ0n) is 9.14. The van der Waals surface area contributed by atoms with Gasteiger partial charge in [0.1, 0.15) is 0 Å². The molecule has 14 heavy (non-hydrogen) atoms. The van der Waals surface area contributed by atoms with E-state index in [-0.39, 0.29) is 6.10 Å². The Hall–Kier alpha value is -0.890. The van der Waals surface area contributed by atoms with Crippen LogP contribution in [0.1, 0.15) is 26.3 Å². The molecule has 0 aliphatic rings. The SMILES string of the molecule is CC(C)C(C)C(O)Cc1ccncc1. The van der Waals surface area contributed by atoms with E-state index in [1.807, 2.05) is 12.1 Å². The Balaban J connectivity index is 2.53. The predicted octanol–water partition coefficient (Wildman–Crippen LogP) is 2.28. The van der Waals surface area contributed by atoms with Crippen LogP contribution in [-0.2, 0) is 6.42 Å². The van der Waals surface area contributed by atoms with Crippen molar-refractivity contribution >= 4 is 0 Å². The summed E-state index contributed by atoms with van der Waals surface area (Å²) >= 11 is 0. The highest BCUT2D eigenvalue weighted by molar-refractivity contribution is 5.10. The summed E-state index contributed by atoms with van der Waals surface area (Å²) in [5, 5.41) is 9.92. The first-order valence-corrected chi connectivity index (χ1v) is 5.18. The zero-order chi connectivity index (χ0) is 10.6. The van der Waals surface area contributed by atoms with Gasteiger partial charge in [0.25, 0.3) is 0 Å². The standard InChI is InChI=1S/C12H19NO/c1-9(2)10(3)12(14)8-11-4-6-13-7-5-11/h4-7,9-10,12,14H,8H2,1-3H3. The molecule has 1 rings (SSSR count).